The van der Waals surface area contributed by atoms with Gasteiger partial charge in [-0.1, -0.05) is 25.1 Å². The van der Waals surface area contributed by atoms with Crippen LogP contribution in [-0.4, -0.2) is 40.4 Å². The molecule has 6 nitrogen and oxygen atoms in total. The van der Waals surface area contributed by atoms with E-state index in [1.807, 2.05) is 6.92 Å². The van der Waals surface area contributed by atoms with Crippen molar-refractivity contribution in [3.63, 3.8) is 0 Å². The number of benzene rings is 1. The van der Waals surface area contributed by atoms with Gasteiger partial charge in [0, 0.05) is 49.0 Å². The van der Waals surface area contributed by atoms with Crippen molar-refractivity contribution in [2.45, 2.75) is 40.7 Å². The largest absolute Gasteiger partial charge is 0.361 e. The summed E-state index contributed by atoms with van der Waals surface area (Å²) in [6, 6.07) is 10.5. The Morgan fingerprint density at radius 1 is 1.24 bits per heavy atom. The van der Waals surface area contributed by atoms with Crippen LogP contribution in [0.1, 0.15) is 30.8 Å². The van der Waals surface area contributed by atoms with Crippen molar-refractivity contribution in [3.05, 3.63) is 53.5 Å². The van der Waals surface area contributed by atoms with Gasteiger partial charge in [0.25, 0.3) is 0 Å². The van der Waals surface area contributed by atoms with Gasteiger partial charge < -0.3 is 15.6 Å². The molecule has 2 aromatic heterocycles. The van der Waals surface area contributed by atoms with Crippen molar-refractivity contribution in [1.29, 1.82) is 0 Å². The van der Waals surface area contributed by atoms with E-state index < -0.39 is 0 Å². The second-order valence-corrected chi connectivity index (χ2v) is 7.47. The van der Waals surface area contributed by atoms with Crippen LogP contribution in [0.25, 0.3) is 10.9 Å². The molecule has 0 radical (unpaired) electrons. The number of nitrogens with one attached hydrogen (secondary N) is 3. The molecule has 3 N–H and O–H groups in total. The summed E-state index contributed by atoms with van der Waals surface area (Å²) in [6.45, 7) is 11.8. The Morgan fingerprint density at radius 2 is 2.03 bits per heavy atom. The molecule has 7 heteroatoms. The molecule has 0 aliphatic rings. The molecular weight excluding hydrogens is 475 g/mol. The van der Waals surface area contributed by atoms with Crippen LogP contribution in [0.15, 0.2) is 41.5 Å². The van der Waals surface area contributed by atoms with Crippen LogP contribution in [-0.2, 0) is 13.0 Å². The number of aromatic amines is 1. The zero-order valence-corrected chi connectivity index (χ0v) is 20.2. The molecular formula is C22H33IN6. The first-order valence-corrected chi connectivity index (χ1v) is 10.1. The molecule has 1 aromatic carbocycles. The minimum atomic E-state index is 0. The summed E-state index contributed by atoms with van der Waals surface area (Å²) >= 11 is 0. The second-order valence-electron chi connectivity index (χ2n) is 7.47. The van der Waals surface area contributed by atoms with Gasteiger partial charge in [-0.05, 0) is 50.8 Å². The van der Waals surface area contributed by atoms with Gasteiger partial charge in [0.15, 0.2) is 5.96 Å². The number of hydrogen-bond acceptors (Lipinski definition) is 2. The van der Waals surface area contributed by atoms with E-state index in [1.54, 1.807) is 0 Å². The summed E-state index contributed by atoms with van der Waals surface area (Å²) in [5.41, 5.74) is 4.80. The maximum Gasteiger partial charge on any atom is 0.191 e. The Morgan fingerprint density at radius 3 is 2.76 bits per heavy atom. The molecule has 0 spiro atoms. The van der Waals surface area contributed by atoms with Crippen molar-refractivity contribution >= 4 is 40.8 Å². The van der Waals surface area contributed by atoms with Gasteiger partial charge in [0.05, 0.1) is 5.69 Å². The number of halogens is 1. The van der Waals surface area contributed by atoms with Crippen molar-refractivity contribution in [2.24, 2.45) is 10.9 Å². The first kappa shape index (κ1) is 23.3. The zero-order chi connectivity index (χ0) is 19.9. The lowest BCUT2D eigenvalue weighted by Gasteiger charge is -2.14. The van der Waals surface area contributed by atoms with Crippen LogP contribution in [0.2, 0.25) is 0 Å². The van der Waals surface area contributed by atoms with Gasteiger partial charge in [-0.3, -0.25) is 9.67 Å². The molecule has 0 saturated heterocycles. The number of aliphatic imine (C=N–C) groups is 1. The second kappa shape index (κ2) is 11.2. The maximum absolute atomic E-state index is 4.77. The third-order valence-electron chi connectivity index (χ3n) is 4.85. The molecule has 1 unspecified atom stereocenters. The third kappa shape index (κ3) is 6.48. The Balaban J connectivity index is 0.00000300. The number of rotatable bonds is 8. The fraction of sp³-hybridized carbons (Fsp3) is 0.455. The number of hydrogen-bond donors (Lipinski definition) is 3. The number of H-pyrrole nitrogens is 1. The standard InChI is InChI=1S/C22H32N6.HI/c1-5-23-22(26-13-16(2)15-28-18(4)12-17(3)27-28)24-11-10-19-14-25-21-9-7-6-8-20(19)21;/h6-9,12,14,16,25H,5,10-11,13,15H2,1-4H3,(H2,23,24,26);1H. The first-order valence-electron chi connectivity index (χ1n) is 10.1. The SMILES string of the molecule is CCNC(=NCC(C)Cn1nc(C)cc1C)NCCc1c[nH]c2ccccc12.I. The fourth-order valence-corrected chi connectivity index (χ4v) is 3.46. The molecule has 3 rings (SSSR count). The van der Waals surface area contributed by atoms with Crippen LogP contribution in [0, 0.1) is 19.8 Å². The molecule has 0 fully saturated rings. The zero-order valence-electron chi connectivity index (χ0n) is 17.8. The molecule has 0 amide bonds. The predicted molar refractivity (Wildman–Crippen MR) is 132 cm³/mol. The van der Waals surface area contributed by atoms with Crippen molar-refractivity contribution in [3.8, 4) is 0 Å². The average Bonchev–Trinajstić information content (AvgIpc) is 3.22. The fourth-order valence-electron chi connectivity index (χ4n) is 3.46. The normalized spacial score (nSPS) is 12.6. The number of nitrogens with zero attached hydrogens (tertiary/aromatic N) is 3. The third-order valence-corrected chi connectivity index (χ3v) is 4.85. The molecule has 1 atom stereocenters. The van der Waals surface area contributed by atoms with E-state index in [0.717, 1.165) is 44.3 Å². The highest BCUT2D eigenvalue weighted by atomic mass is 127. The van der Waals surface area contributed by atoms with Crippen molar-refractivity contribution in [1.82, 2.24) is 25.4 Å². The van der Waals surface area contributed by atoms with E-state index in [9.17, 15) is 0 Å². The Kier molecular flexibility index (Phi) is 9.00. The lowest BCUT2D eigenvalue weighted by Crippen LogP contribution is -2.38. The van der Waals surface area contributed by atoms with E-state index in [2.05, 4.69) is 82.7 Å². The van der Waals surface area contributed by atoms with Gasteiger partial charge in [-0.25, -0.2) is 0 Å². The predicted octanol–water partition coefficient (Wildman–Crippen LogP) is 4.03. The van der Waals surface area contributed by atoms with Crippen LogP contribution in [0.5, 0.6) is 0 Å². The molecule has 2 heterocycles. The highest BCUT2D eigenvalue weighted by Gasteiger charge is 2.08. The minimum absolute atomic E-state index is 0. The summed E-state index contributed by atoms with van der Waals surface area (Å²) < 4.78 is 2.08. The number of para-hydroxylation sites is 1. The van der Waals surface area contributed by atoms with Crippen molar-refractivity contribution < 1.29 is 0 Å². The van der Waals surface area contributed by atoms with Gasteiger partial charge in [0.2, 0.25) is 0 Å². The highest BCUT2D eigenvalue weighted by Crippen LogP contribution is 2.17. The maximum atomic E-state index is 4.77. The number of aromatic nitrogens is 3. The minimum Gasteiger partial charge on any atom is -0.361 e. The molecule has 29 heavy (non-hydrogen) atoms. The monoisotopic (exact) mass is 508 g/mol. The van der Waals surface area contributed by atoms with Crippen molar-refractivity contribution in [2.75, 3.05) is 19.6 Å². The number of aryl methyl sites for hydroxylation is 2. The summed E-state index contributed by atoms with van der Waals surface area (Å²) in [7, 11) is 0. The van der Waals surface area contributed by atoms with Crippen LogP contribution >= 0.6 is 24.0 Å². The molecule has 158 valence electrons. The van der Waals surface area contributed by atoms with Gasteiger partial charge in [-0.15, -0.1) is 24.0 Å². The van der Waals surface area contributed by atoms with E-state index in [4.69, 9.17) is 4.99 Å². The Labute approximate surface area is 190 Å². The van der Waals surface area contributed by atoms with E-state index in [0.29, 0.717) is 5.92 Å². The molecule has 0 bridgehead atoms. The average molecular weight is 508 g/mol. The molecule has 3 aromatic rings. The number of fused-ring (bicyclic) bond motifs is 1. The van der Waals surface area contributed by atoms with Crippen LogP contribution < -0.4 is 10.6 Å². The van der Waals surface area contributed by atoms with E-state index in [1.165, 1.54) is 22.2 Å². The molecule has 0 aliphatic heterocycles. The highest BCUT2D eigenvalue weighted by molar-refractivity contribution is 14.0. The van der Waals surface area contributed by atoms with E-state index >= 15 is 0 Å². The summed E-state index contributed by atoms with van der Waals surface area (Å²) in [5.74, 6) is 1.30. The van der Waals surface area contributed by atoms with E-state index in [-0.39, 0.29) is 24.0 Å². The first-order chi connectivity index (χ1) is 13.6. The van der Waals surface area contributed by atoms with Gasteiger partial charge >= 0.3 is 0 Å². The summed E-state index contributed by atoms with van der Waals surface area (Å²) in [6.07, 6.45) is 3.06. The lowest BCUT2D eigenvalue weighted by molar-refractivity contribution is 0.449. The van der Waals surface area contributed by atoms with Crippen LogP contribution in [0.3, 0.4) is 0 Å². The number of guanidine groups is 1. The lowest BCUT2D eigenvalue weighted by atomic mass is 10.1. The van der Waals surface area contributed by atoms with Crippen LogP contribution in [0.4, 0.5) is 0 Å². The van der Waals surface area contributed by atoms with Gasteiger partial charge in [0.1, 0.15) is 0 Å². The summed E-state index contributed by atoms with van der Waals surface area (Å²) in [5, 5.41) is 12.7. The summed E-state index contributed by atoms with van der Waals surface area (Å²) in [4.78, 5) is 8.11. The molecule has 0 aliphatic carbocycles. The quantitative estimate of drug-likeness (QED) is 0.245. The topological polar surface area (TPSA) is 70.0 Å². The Hall–Kier alpha value is -2.03. The molecule has 0 saturated carbocycles. The smallest absolute Gasteiger partial charge is 0.191 e. The Bertz CT molecular complexity index is 926. The van der Waals surface area contributed by atoms with Gasteiger partial charge in [-0.2, -0.15) is 5.10 Å².